The number of rotatable bonds is 4. The van der Waals surface area contributed by atoms with Gasteiger partial charge in [-0.2, -0.15) is 5.10 Å². The highest BCUT2D eigenvalue weighted by atomic mass is 35.5. The third kappa shape index (κ3) is 2.87. The molecule has 0 aliphatic carbocycles. The van der Waals surface area contributed by atoms with E-state index in [0.717, 1.165) is 0 Å². The lowest BCUT2D eigenvalue weighted by atomic mass is 10.3. The van der Waals surface area contributed by atoms with Crippen LogP contribution >= 0.6 is 34.8 Å². The number of hydrogen-bond donors (Lipinski definition) is 0. The fraction of sp³-hybridized carbons (Fsp3) is 0.250. The molecule has 0 fully saturated rings. The fourth-order valence-corrected chi connectivity index (χ4v) is 2.42. The zero-order chi connectivity index (χ0) is 14.0. The molecule has 19 heavy (non-hydrogen) atoms. The van der Waals surface area contributed by atoms with Crippen LogP contribution < -0.4 is 0 Å². The molecule has 0 unspecified atom stereocenters. The van der Waals surface area contributed by atoms with E-state index < -0.39 is 5.82 Å². The zero-order valence-electron chi connectivity index (χ0n) is 9.96. The van der Waals surface area contributed by atoms with E-state index in [-0.39, 0.29) is 17.5 Å². The SMILES string of the molecule is COCc1nn(-c2ccc(Cl)c(F)c2)c(Cl)c1CCl. The van der Waals surface area contributed by atoms with Crippen molar-refractivity contribution in [2.45, 2.75) is 12.5 Å². The molecule has 0 amide bonds. The minimum atomic E-state index is -0.536. The highest BCUT2D eigenvalue weighted by Crippen LogP contribution is 2.27. The predicted octanol–water partition coefficient (Wildman–Crippen LogP) is 4.20. The molecule has 0 atom stereocenters. The van der Waals surface area contributed by atoms with E-state index in [2.05, 4.69) is 5.10 Å². The van der Waals surface area contributed by atoms with Gasteiger partial charge in [0.2, 0.25) is 0 Å². The second-order valence-corrected chi connectivity index (χ2v) is 4.83. The van der Waals surface area contributed by atoms with Crippen LogP contribution in [0.4, 0.5) is 4.39 Å². The molecule has 0 bridgehead atoms. The molecule has 1 heterocycles. The van der Waals surface area contributed by atoms with Gasteiger partial charge in [0.25, 0.3) is 0 Å². The van der Waals surface area contributed by atoms with Gasteiger partial charge >= 0.3 is 0 Å². The van der Waals surface area contributed by atoms with Crippen molar-refractivity contribution in [3.05, 3.63) is 45.4 Å². The first-order chi connectivity index (χ1) is 9.08. The first kappa shape index (κ1) is 14.6. The van der Waals surface area contributed by atoms with E-state index in [4.69, 9.17) is 39.5 Å². The Morgan fingerprint density at radius 1 is 1.37 bits per heavy atom. The molecule has 0 saturated heterocycles. The molecule has 1 aromatic heterocycles. The summed E-state index contributed by atoms with van der Waals surface area (Å²) in [6, 6.07) is 4.33. The lowest BCUT2D eigenvalue weighted by Crippen LogP contribution is -1.99. The summed E-state index contributed by atoms with van der Waals surface area (Å²) in [6.45, 7) is 0.283. The van der Waals surface area contributed by atoms with E-state index in [9.17, 15) is 4.39 Å². The van der Waals surface area contributed by atoms with Gasteiger partial charge in [-0.15, -0.1) is 11.6 Å². The van der Waals surface area contributed by atoms with Gasteiger partial charge < -0.3 is 4.74 Å². The molecular formula is C12H10Cl3FN2O. The van der Waals surface area contributed by atoms with E-state index in [0.29, 0.717) is 22.1 Å². The Morgan fingerprint density at radius 2 is 2.11 bits per heavy atom. The number of hydrogen-bond acceptors (Lipinski definition) is 2. The zero-order valence-corrected chi connectivity index (χ0v) is 12.2. The summed E-state index contributed by atoms with van der Waals surface area (Å²) >= 11 is 17.7. The molecule has 0 saturated carbocycles. The average Bonchev–Trinajstić information content (AvgIpc) is 2.70. The summed E-state index contributed by atoms with van der Waals surface area (Å²) in [5.74, 6) is -0.334. The van der Waals surface area contributed by atoms with Crippen molar-refractivity contribution in [2.24, 2.45) is 0 Å². The molecule has 2 aromatic rings. The average molecular weight is 324 g/mol. The lowest BCUT2D eigenvalue weighted by Gasteiger charge is -2.04. The predicted molar refractivity (Wildman–Crippen MR) is 73.8 cm³/mol. The van der Waals surface area contributed by atoms with Crippen LogP contribution in [0.5, 0.6) is 0 Å². The van der Waals surface area contributed by atoms with Gasteiger partial charge in [0.1, 0.15) is 11.0 Å². The Balaban J connectivity index is 2.52. The van der Waals surface area contributed by atoms with Crippen molar-refractivity contribution in [2.75, 3.05) is 7.11 Å². The first-order valence-corrected chi connectivity index (χ1v) is 6.64. The number of halogens is 4. The van der Waals surface area contributed by atoms with Gasteiger partial charge in [0, 0.05) is 18.7 Å². The van der Waals surface area contributed by atoms with Gasteiger partial charge in [0.15, 0.2) is 0 Å². The monoisotopic (exact) mass is 322 g/mol. The molecule has 0 radical (unpaired) electrons. The highest BCUT2D eigenvalue weighted by Gasteiger charge is 2.17. The second kappa shape index (κ2) is 6.09. The highest BCUT2D eigenvalue weighted by molar-refractivity contribution is 6.32. The maximum absolute atomic E-state index is 13.5. The Kier molecular flexibility index (Phi) is 4.68. The standard InChI is InChI=1S/C12H10Cl3FN2O/c1-19-6-11-8(5-13)12(15)18(17-11)7-2-3-9(14)10(16)4-7/h2-4H,5-6H2,1H3. The summed E-state index contributed by atoms with van der Waals surface area (Å²) in [7, 11) is 1.55. The van der Waals surface area contributed by atoms with Gasteiger partial charge in [-0.05, 0) is 12.1 Å². The van der Waals surface area contributed by atoms with Gasteiger partial charge in [-0.25, -0.2) is 9.07 Å². The van der Waals surface area contributed by atoms with E-state index in [1.807, 2.05) is 0 Å². The number of ether oxygens (including phenoxy) is 1. The minimum Gasteiger partial charge on any atom is -0.378 e. The van der Waals surface area contributed by atoms with Crippen molar-refractivity contribution >= 4 is 34.8 Å². The van der Waals surface area contributed by atoms with E-state index in [1.54, 1.807) is 13.2 Å². The van der Waals surface area contributed by atoms with Crippen LogP contribution in [0.15, 0.2) is 18.2 Å². The summed E-state index contributed by atoms with van der Waals surface area (Å²) in [5.41, 5.74) is 1.76. The summed E-state index contributed by atoms with van der Waals surface area (Å²) in [4.78, 5) is 0. The number of nitrogens with zero attached hydrogens (tertiary/aromatic N) is 2. The molecular weight excluding hydrogens is 314 g/mol. The number of aromatic nitrogens is 2. The van der Waals surface area contributed by atoms with Crippen LogP contribution in [0.2, 0.25) is 10.2 Å². The Morgan fingerprint density at radius 3 is 2.68 bits per heavy atom. The number of benzene rings is 1. The molecule has 3 nitrogen and oxygen atoms in total. The van der Waals surface area contributed by atoms with E-state index in [1.165, 1.54) is 16.8 Å². The van der Waals surface area contributed by atoms with Crippen molar-refractivity contribution in [1.82, 2.24) is 9.78 Å². The molecule has 0 spiro atoms. The number of alkyl halides is 1. The lowest BCUT2D eigenvalue weighted by molar-refractivity contribution is 0.180. The van der Waals surface area contributed by atoms with E-state index >= 15 is 0 Å². The largest absolute Gasteiger partial charge is 0.378 e. The summed E-state index contributed by atoms with van der Waals surface area (Å²) in [5, 5.41) is 4.66. The Hall–Kier alpha value is -0.810. The van der Waals surface area contributed by atoms with Crippen LogP contribution in [0.1, 0.15) is 11.3 Å². The maximum Gasteiger partial charge on any atom is 0.143 e. The van der Waals surface area contributed by atoms with Gasteiger partial charge in [0.05, 0.1) is 28.9 Å². The van der Waals surface area contributed by atoms with Crippen molar-refractivity contribution in [3.8, 4) is 5.69 Å². The van der Waals surface area contributed by atoms with Crippen LogP contribution in [0, 0.1) is 5.82 Å². The Bertz CT molecular complexity index is 601. The third-order valence-electron chi connectivity index (χ3n) is 2.57. The van der Waals surface area contributed by atoms with Crippen molar-refractivity contribution < 1.29 is 9.13 Å². The maximum atomic E-state index is 13.5. The molecule has 7 heteroatoms. The minimum absolute atomic E-state index is 0.0433. The molecule has 0 aliphatic heterocycles. The molecule has 1 aromatic carbocycles. The quantitative estimate of drug-likeness (QED) is 0.788. The summed E-state index contributed by atoms with van der Waals surface area (Å²) < 4.78 is 19.9. The van der Waals surface area contributed by atoms with Gasteiger partial charge in [-0.1, -0.05) is 23.2 Å². The third-order valence-corrected chi connectivity index (χ3v) is 3.53. The fourth-order valence-electron chi connectivity index (χ4n) is 1.64. The number of methoxy groups -OCH3 is 1. The summed E-state index contributed by atoms with van der Waals surface area (Å²) in [6.07, 6.45) is 0. The van der Waals surface area contributed by atoms with Crippen LogP contribution in [0.25, 0.3) is 5.69 Å². The molecule has 0 aliphatic rings. The topological polar surface area (TPSA) is 27.1 Å². The van der Waals surface area contributed by atoms with Crippen LogP contribution in [0.3, 0.4) is 0 Å². The van der Waals surface area contributed by atoms with Crippen LogP contribution in [-0.2, 0) is 17.2 Å². The molecule has 0 N–H and O–H groups in total. The molecule has 2 rings (SSSR count). The van der Waals surface area contributed by atoms with Gasteiger partial charge in [-0.3, -0.25) is 0 Å². The Labute approximate surface area is 124 Å². The van der Waals surface area contributed by atoms with Crippen molar-refractivity contribution in [1.29, 1.82) is 0 Å². The van der Waals surface area contributed by atoms with Crippen LogP contribution in [-0.4, -0.2) is 16.9 Å². The van der Waals surface area contributed by atoms with Crippen molar-refractivity contribution in [3.63, 3.8) is 0 Å². The normalized spacial score (nSPS) is 11.0. The first-order valence-electron chi connectivity index (χ1n) is 5.35. The molecule has 102 valence electrons. The second-order valence-electron chi connectivity index (χ2n) is 3.79. The smallest absolute Gasteiger partial charge is 0.143 e.